The average Bonchev–Trinajstić information content (AvgIpc) is 2.96. The molecule has 0 spiro atoms. The van der Waals surface area contributed by atoms with E-state index in [0.29, 0.717) is 31.2 Å². The second-order valence-electron chi connectivity index (χ2n) is 10.4. The van der Waals surface area contributed by atoms with Crippen molar-refractivity contribution < 1.29 is 14.3 Å². The zero-order chi connectivity index (χ0) is 27.5. The number of aryl methyl sites for hydroxylation is 1. The fourth-order valence-corrected chi connectivity index (χ4v) is 5.54. The summed E-state index contributed by atoms with van der Waals surface area (Å²) in [5, 5.41) is 3.09. The van der Waals surface area contributed by atoms with Gasteiger partial charge in [-0.1, -0.05) is 67.6 Å². The van der Waals surface area contributed by atoms with Crippen molar-refractivity contribution in [2.24, 2.45) is 0 Å². The number of hydrogen-bond acceptors (Lipinski definition) is 4. The Morgan fingerprint density at radius 3 is 2.41 bits per heavy atom. The summed E-state index contributed by atoms with van der Waals surface area (Å²) in [5.74, 6) is -0.170. The van der Waals surface area contributed by atoms with Gasteiger partial charge in [0.15, 0.2) is 0 Å². The fourth-order valence-electron chi connectivity index (χ4n) is 5.54. The summed E-state index contributed by atoms with van der Waals surface area (Å²) < 4.78 is 5.13. The number of benzene rings is 3. The van der Waals surface area contributed by atoms with E-state index in [4.69, 9.17) is 4.74 Å². The van der Waals surface area contributed by atoms with Gasteiger partial charge in [-0.2, -0.15) is 0 Å². The summed E-state index contributed by atoms with van der Waals surface area (Å²) in [6, 6.07) is 25.0. The zero-order valence-corrected chi connectivity index (χ0v) is 23.5. The first-order valence-electron chi connectivity index (χ1n) is 14.5. The zero-order valence-electron chi connectivity index (χ0n) is 23.5. The van der Waals surface area contributed by atoms with Gasteiger partial charge < -0.3 is 15.0 Å². The first-order chi connectivity index (χ1) is 19.1. The van der Waals surface area contributed by atoms with Crippen LogP contribution in [0.4, 0.5) is 0 Å². The van der Waals surface area contributed by atoms with Crippen LogP contribution in [0.25, 0.3) is 11.1 Å². The lowest BCUT2D eigenvalue weighted by Gasteiger charge is -2.35. The molecule has 1 amide bonds. The highest BCUT2D eigenvalue weighted by Gasteiger charge is 2.24. The lowest BCUT2D eigenvalue weighted by Crippen LogP contribution is -2.40. The number of unbranched alkanes of at least 4 members (excludes halogenated alkanes) is 1. The minimum atomic E-state index is -0.159. The quantitative estimate of drug-likeness (QED) is 0.212. The monoisotopic (exact) mass is 526 g/mol. The lowest BCUT2D eigenvalue weighted by molar-refractivity contribution is -0.142. The number of amides is 1. The predicted octanol–water partition coefficient (Wildman–Crippen LogP) is 6.24. The summed E-state index contributed by atoms with van der Waals surface area (Å²) in [6.07, 6.45) is 6.76. The summed E-state index contributed by atoms with van der Waals surface area (Å²) in [6.45, 7) is 7.31. The summed E-state index contributed by atoms with van der Waals surface area (Å²) in [7, 11) is 0. The number of nitrogens with zero attached hydrogens (tertiary/aromatic N) is 1. The summed E-state index contributed by atoms with van der Waals surface area (Å²) in [5.41, 5.74) is 6.80. The summed E-state index contributed by atoms with van der Waals surface area (Å²) in [4.78, 5) is 27.2. The molecule has 0 saturated heterocycles. The van der Waals surface area contributed by atoms with Crippen LogP contribution in [0.1, 0.15) is 66.6 Å². The third-order valence-corrected chi connectivity index (χ3v) is 7.57. The van der Waals surface area contributed by atoms with Gasteiger partial charge in [0.25, 0.3) is 5.91 Å². The smallest absolute Gasteiger partial charge is 0.310 e. The molecule has 0 bridgehead atoms. The van der Waals surface area contributed by atoms with Crippen LogP contribution < -0.4 is 5.32 Å². The molecule has 1 N–H and O–H groups in total. The maximum absolute atomic E-state index is 12.6. The van der Waals surface area contributed by atoms with Gasteiger partial charge in [0, 0.05) is 18.2 Å². The van der Waals surface area contributed by atoms with Gasteiger partial charge in [-0.15, -0.1) is 0 Å². The predicted molar refractivity (Wildman–Crippen MR) is 158 cm³/mol. The van der Waals surface area contributed by atoms with E-state index in [9.17, 15) is 9.59 Å². The molecule has 0 fully saturated rings. The van der Waals surface area contributed by atoms with Crippen molar-refractivity contribution in [3.8, 4) is 11.1 Å². The van der Waals surface area contributed by atoms with Crippen molar-refractivity contribution in [3.63, 3.8) is 0 Å². The average molecular weight is 527 g/mol. The van der Waals surface area contributed by atoms with Crippen molar-refractivity contribution in [2.75, 3.05) is 26.2 Å². The van der Waals surface area contributed by atoms with Crippen LogP contribution in [0.5, 0.6) is 0 Å². The molecule has 1 unspecified atom stereocenters. The molecule has 206 valence electrons. The molecule has 1 aliphatic carbocycles. The van der Waals surface area contributed by atoms with E-state index in [2.05, 4.69) is 47.5 Å². The molecule has 3 aromatic carbocycles. The molecule has 39 heavy (non-hydrogen) atoms. The number of fused-ring (bicyclic) bond motifs is 1. The van der Waals surface area contributed by atoms with E-state index in [1.54, 1.807) is 0 Å². The number of hydrogen-bond donors (Lipinski definition) is 1. The van der Waals surface area contributed by atoms with Crippen LogP contribution in [0.3, 0.4) is 0 Å². The van der Waals surface area contributed by atoms with E-state index < -0.39 is 0 Å². The maximum Gasteiger partial charge on any atom is 0.310 e. The van der Waals surface area contributed by atoms with Gasteiger partial charge in [-0.25, -0.2) is 0 Å². The Bertz CT molecular complexity index is 1210. The Labute approximate surface area is 233 Å². The number of esters is 1. The Kier molecular flexibility index (Phi) is 10.7. The number of carbonyl (C=O) groups is 2. The molecule has 0 saturated carbocycles. The first-order valence-corrected chi connectivity index (χ1v) is 14.5. The molecule has 0 aliphatic heterocycles. The minimum absolute atomic E-state index is 0.0115. The normalized spacial score (nSPS) is 14.6. The molecule has 4 rings (SSSR count). The highest BCUT2D eigenvalue weighted by Crippen LogP contribution is 2.26. The van der Waals surface area contributed by atoms with Gasteiger partial charge in [-0.05, 0) is 98.5 Å². The highest BCUT2D eigenvalue weighted by atomic mass is 16.5. The SMILES string of the molecule is CCCN(CCCCNC(=O)c1ccc(-c2ccccc2)cc1)C1CCc2ccc(CC(=O)OCC)cc2C1. The van der Waals surface area contributed by atoms with Gasteiger partial charge in [-0.3, -0.25) is 9.59 Å². The Balaban J connectivity index is 1.23. The van der Waals surface area contributed by atoms with Crippen molar-refractivity contribution in [3.05, 3.63) is 95.1 Å². The Hall–Kier alpha value is -3.44. The molecule has 5 heteroatoms. The molecule has 1 atom stereocenters. The van der Waals surface area contributed by atoms with Crippen LogP contribution in [0.15, 0.2) is 72.8 Å². The maximum atomic E-state index is 12.6. The molecular weight excluding hydrogens is 484 g/mol. The van der Waals surface area contributed by atoms with Crippen LogP contribution in [-0.4, -0.2) is 49.1 Å². The van der Waals surface area contributed by atoms with Crippen molar-refractivity contribution >= 4 is 11.9 Å². The number of nitrogens with one attached hydrogen (secondary N) is 1. The van der Waals surface area contributed by atoms with Crippen LogP contribution in [0.2, 0.25) is 0 Å². The molecule has 3 aromatic rings. The van der Waals surface area contributed by atoms with Crippen LogP contribution in [-0.2, 0) is 28.8 Å². The van der Waals surface area contributed by atoms with E-state index >= 15 is 0 Å². The summed E-state index contributed by atoms with van der Waals surface area (Å²) >= 11 is 0. The van der Waals surface area contributed by atoms with Crippen molar-refractivity contribution in [1.29, 1.82) is 0 Å². The Morgan fingerprint density at radius 2 is 1.67 bits per heavy atom. The third-order valence-electron chi connectivity index (χ3n) is 7.57. The third kappa shape index (κ3) is 8.27. The topological polar surface area (TPSA) is 58.6 Å². The van der Waals surface area contributed by atoms with E-state index in [-0.39, 0.29) is 11.9 Å². The van der Waals surface area contributed by atoms with E-state index in [1.165, 1.54) is 17.5 Å². The fraction of sp³-hybridized carbons (Fsp3) is 0.412. The number of rotatable bonds is 13. The second kappa shape index (κ2) is 14.6. The molecule has 0 aromatic heterocycles. The number of ether oxygens (including phenoxy) is 1. The largest absolute Gasteiger partial charge is 0.466 e. The molecular formula is C34H42N2O3. The van der Waals surface area contributed by atoms with Crippen molar-refractivity contribution in [2.45, 2.75) is 64.8 Å². The molecule has 1 aliphatic rings. The first kappa shape index (κ1) is 28.6. The van der Waals surface area contributed by atoms with Gasteiger partial charge in [0.2, 0.25) is 0 Å². The highest BCUT2D eigenvalue weighted by molar-refractivity contribution is 5.94. The second-order valence-corrected chi connectivity index (χ2v) is 10.4. The molecule has 0 heterocycles. The van der Waals surface area contributed by atoms with Crippen LogP contribution in [0, 0.1) is 0 Å². The molecule has 0 radical (unpaired) electrons. The molecule has 5 nitrogen and oxygen atoms in total. The van der Waals surface area contributed by atoms with Gasteiger partial charge in [0.05, 0.1) is 13.0 Å². The van der Waals surface area contributed by atoms with Crippen molar-refractivity contribution in [1.82, 2.24) is 10.2 Å². The van der Waals surface area contributed by atoms with E-state index in [1.807, 2.05) is 49.4 Å². The Morgan fingerprint density at radius 1 is 0.897 bits per heavy atom. The lowest BCUT2D eigenvalue weighted by atomic mass is 9.86. The van der Waals surface area contributed by atoms with Crippen LogP contribution >= 0.6 is 0 Å². The minimum Gasteiger partial charge on any atom is -0.466 e. The van der Waals surface area contributed by atoms with E-state index in [0.717, 1.165) is 61.9 Å². The van der Waals surface area contributed by atoms with Gasteiger partial charge in [0.1, 0.15) is 0 Å². The van der Waals surface area contributed by atoms with Gasteiger partial charge >= 0.3 is 5.97 Å². The standard InChI is InChI=1S/C34H42N2O3/c1-3-21-36(32-19-18-29-13-12-26(23-31(29)25-32)24-33(37)39-4-2)22-9-8-20-35-34(38)30-16-14-28(15-17-30)27-10-6-5-7-11-27/h5-7,10-17,23,32H,3-4,8-9,18-22,24-25H2,1-2H3,(H,35,38). The number of carbonyl (C=O) groups excluding carboxylic acids is 2.